The highest BCUT2D eigenvalue weighted by molar-refractivity contribution is 8.29. The van der Waals surface area contributed by atoms with Crippen molar-refractivity contribution in [1.82, 2.24) is 14.7 Å². The van der Waals surface area contributed by atoms with Gasteiger partial charge in [0.2, 0.25) is 0 Å². The van der Waals surface area contributed by atoms with Gasteiger partial charge in [-0.3, -0.25) is 14.5 Å². The van der Waals surface area contributed by atoms with Gasteiger partial charge in [-0.2, -0.15) is 0 Å². The maximum atomic E-state index is 15.1. The minimum Gasteiger partial charge on any atom is -0.386 e. The fourth-order valence-electron chi connectivity index (χ4n) is 4.32. The first-order valence-electron chi connectivity index (χ1n) is 10.0. The zero-order valence-electron chi connectivity index (χ0n) is 17.9. The highest BCUT2D eigenvalue weighted by Crippen LogP contribution is 2.67. The second-order valence-electron chi connectivity index (χ2n) is 8.62. The van der Waals surface area contributed by atoms with Crippen molar-refractivity contribution in [2.45, 2.75) is 49.7 Å². The number of amidine groups is 1. The van der Waals surface area contributed by atoms with E-state index in [9.17, 15) is 9.35 Å². The average Bonchev–Trinajstić information content (AvgIpc) is 3.13. The van der Waals surface area contributed by atoms with Gasteiger partial charge in [0.25, 0.3) is 5.91 Å². The molecule has 0 spiro atoms. The predicted molar refractivity (Wildman–Crippen MR) is 121 cm³/mol. The monoisotopic (exact) mass is 446 g/mol. The zero-order valence-corrected chi connectivity index (χ0v) is 18.8. The fourth-order valence-corrected chi connectivity index (χ4v) is 7.69. The number of benzene rings is 1. The van der Waals surface area contributed by atoms with Crippen LogP contribution in [0.1, 0.15) is 48.9 Å². The Hall–Kier alpha value is -2.56. The number of aryl methyl sites for hydroxylation is 1. The van der Waals surface area contributed by atoms with Crippen molar-refractivity contribution in [3.8, 4) is 0 Å². The Morgan fingerprint density at radius 1 is 1.32 bits per heavy atom. The molecule has 1 aromatic heterocycles. The van der Waals surface area contributed by atoms with Crippen LogP contribution in [0.3, 0.4) is 0 Å². The number of amides is 1. The smallest absolute Gasteiger partial charge is 0.258 e. The molecule has 2 aliphatic heterocycles. The standard InChI is InChI=1S/C21H27FN6O2S/c1-12-24-10-13(11-25-12)18(29)27-14-5-6-16(22)15(9-14)21(4)17-7-8-26-31(17,30)20(2,3)19(23)28-21/h5-6,9-11,17,26,30H,7-8H2,1-4H3,(H2,23,28)(H,27,29)/t17-,21+/m0/s1. The van der Waals surface area contributed by atoms with E-state index in [1.807, 2.05) is 13.8 Å². The van der Waals surface area contributed by atoms with Crippen LogP contribution >= 0.6 is 10.5 Å². The molecule has 0 aliphatic carbocycles. The van der Waals surface area contributed by atoms with Gasteiger partial charge in [0.15, 0.2) is 0 Å². The molecule has 1 unspecified atom stereocenters. The molecule has 2 aromatic rings. The molecular formula is C21H27FN6O2S. The number of nitrogens with zero attached hydrogens (tertiary/aromatic N) is 3. The van der Waals surface area contributed by atoms with Gasteiger partial charge in [-0.25, -0.2) is 14.4 Å². The lowest BCUT2D eigenvalue weighted by molar-refractivity contribution is 0.102. The number of halogens is 1. The molecule has 1 amide bonds. The third-order valence-corrected chi connectivity index (χ3v) is 10.3. The quantitative estimate of drug-likeness (QED) is 0.574. The minimum atomic E-state index is -2.40. The summed E-state index contributed by atoms with van der Waals surface area (Å²) in [4.78, 5) is 25.3. The van der Waals surface area contributed by atoms with E-state index in [4.69, 9.17) is 10.7 Å². The van der Waals surface area contributed by atoms with Gasteiger partial charge in [0.1, 0.15) is 23.0 Å². The minimum absolute atomic E-state index is 0.281. The number of fused-ring (bicyclic) bond motifs is 1. The van der Waals surface area contributed by atoms with E-state index in [2.05, 4.69) is 20.0 Å². The molecule has 0 saturated carbocycles. The largest absolute Gasteiger partial charge is 0.386 e. The van der Waals surface area contributed by atoms with Gasteiger partial charge >= 0.3 is 0 Å². The maximum Gasteiger partial charge on any atom is 0.258 e. The fraction of sp³-hybridized carbons (Fsp3) is 0.429. The van der Waals surface area contributed by atoms with Crippen molar-refractivity contribution in [2.24, 2.45) is 10.7 Å². The number of hydrogen-bond donors (Lipinski definition) is 4. The SMILES string of the molecule is Cc1ncc(C(=O)Nc2ccc(F)c([C@@]3(C)N=C(N)C(C)(C)S4(O)NCC[C@@H]34)c2)cn1. The summed E-state index contributed by atoms with van der Waals surface area (Å²) < 4.78 is 29.2. The van der Waals surface area contributed by atoms with Crippen LogP contribution in [0.5, 0.6) is 0 Å². The Balaban J connectivity index is 1.74. The van der Waals surface area contributed by atoms with E-state index in [1.165, 1.54) is 24.5 Å². The van der Waals surface area contributed by atoms with Crippen molar-refractivity contribution < 1.29 is 13.7 Å². The Labute approximate surface area is 182 Å². The van der Waals surface area contributed by atoms with Gasteiger partial charge < -0.3 is 15.6 Å². The van der Waals surface area contributed by atoms with Crippen molar-refractivity contribution in [3.05, 3.63) is 53.4 Å². The van der Waals surface area contributed by atoms with Crippen LogP contribution in [0.4, 0.5) is 10.1 Å². The Bertz CT molecular complexity index is 1080. The Morgan fingerprint density at radius 3 is 2.68 bits per heavy atom. The summed E-state index contributed by atoms with van der Waals surface area (Å²) in [5, 5.41) is 2.44. The molecule has 1 fully saturated rings. The van der Waals surface area contributed by atoms with Crippen molar-refractivity contribution in [3.63, 3.8) is 0 Å². The van der Waals surface area contributed by atoms with E-state index in [0.29, 0.717) is 30.0 Å². The second-order valence-corrected chi connectivity index (χ2v) is 11.7. The molecule has 5 N–H and O–H groups in total. The number of anilines is 1. The number of nitrogens with two attached hydrogens (primary N) is 1. The molecule has 1 aromatic carbocycles. The van der Waals surface area contributed by atoms with E-state index in [1.54, 1.807) is 19.9 Å². The molecule has 8 nitrogen and oxygen atoms in total. The number of nitrogens with one attached hydrogen (secondary N) is 2. The summed E-state index contributed by atoms with van der Waals surface area (Å²) in [6, 6.07) is 4.35. The third-order valence-electron chi connectivity index (χ3n) is 6.33. The molecule has 166 valence electrons. The number of hydrogen-bond acceptors (Lipinski definition) is 7. The molecule has 3 heterocycles. The number of aromatic nitrogens is 2. The highest BCUT2D eigenvalue weighted by atomic mass is 32.3. The number of rotatable bonds is 3. The summed E-state index contributed by atoms with van der Waals surface area (Å²) in [6.07, 6.45) is 3.51. The lowest BCUT2D eigenvalue weighted by Gasteiger charge is -2.56. The first kappa shape index (κ1) is 21.7. The molecule has 1 saturated heterocycles. The summed E-state index contributed by atoms with van der Waals surface area (Å²) in [5.74, 6) is -0.0302. The molecule has 31 heavy (non-hydrogen) atoms. The van der Waals surface area contributed by atoms with Crippen molar-refractivity contribution in [1.29, 1.82) is 0 Å². The number of carbonyl (C=O) groups excluding carboxylic acids is 1. The maximum absolute atomic E-state index is 15.1. The van der Waals surface area contributed by atoms with Gasteiger partial charge in [0.05, 0.1) is 15.6 Å². The molecule has 0 radical (unpaired) electrons. The summed E-state index contributed by atoms with van der Waals surface area (Å²) in [7, 11) is -2.40. The molecule has 4 rings (SSSR count). The molecule has 0 bridgehead atoms. The Morgan fingerprint density at radius 2 is 2.00 bits per heavy atom. The Kier molecular flexibility index (Phi) is 5.07. The summed E-state index contributed by atoms with van der Waals surface area (Å²) in [5.41, 5.74) is 6.19. The van der Waals surface area contributed by atoms with Crippen LogP contribution in [0.2, 0.25) is 0 Å². The van der Waals surface area contributed by atoms with E-state index >= 15 is 4.39 Å². The first-order valence-corrected chi connectivity index (χ1v) is 11.7. The summed E-state index contributed by atoms with van der Waals surface area (Å²) >= 11 is 0. The third kappa shape index (κ3) is 3.29. The lowest BCUT2D eigenvalue weighted by atomic mass is 9.85. The van der Waals surface area contributed by atoms with E-state index in [0.717, 1.165) is 0 Å². The zero-order chi connectivity index (χ0) is 22.6. The molecule has 2 aliphatic rings. The first-order chi connectivity index (χ1) is 14.5. The molecule has 3 atom stereocenters. The lowest BCUT2D eigenvalue weighted by Crippen LogP contribution is -2.57. The highest BCUT2D eigenvalue weighted by Gasteiger charge is 2.60. The molecule has 10 heteroatoms. The predicted octanol–water partition coefficient (Wildman–Crippen LogP) is 3.10. The normalized spacial score (nSPS) is 31.3. The van der Waals surface area contributed by atoms with Crippen molar-refractivity contribution in [2.75, 3.05) is 11.9 Å². The van der Waals surface area contributed by atoms with Gasteiger partial charge in [-0.1, -0.05) is 10.5 Å². The topological polar surface area (TPSA) is 126 Å². The van der Waals surface area contributed by atoms with E-state index in [-0.39, 0.29) is 16.6 Å². The van der Waals surface area contributed by atoms with Gasteiger partial charge in [0, 0.05) is 30.2 Å². The van der Waals surface area contributed by atoms with Crippen LogP contribution in [-0.4, -0.2) is 42.8 Å². The molecular weight excluding hydrogens is 419 g/mol. The summed E-state index contributed by atoms with van der Waals surface area (Å²) in [6.45, 7) is 7.85. The van der Waals surface area contributed by atoms with Crippen LogP contribution in [0.15, 0.2) is 35.6 Å². The number of carbonyl (C=O) groups is 1. The van der Waals surface area contributed by atoms with Crippen LogP contribution in [-0.2, 0) is 5.54 Å². The number of aliphatic imine (C=N–C) groups is 1. The van der Waals surface area contributed by atoms with Gasteiger partial charge in [-0.15, -0.1) is 0 Å². The van der Waals surface area contributed by atoms with Crippen molar-refractivity contribution >= 4 is 27.9 Å². The van der Waals surface area contributed by atoms with Crippen LogP contribution < -0.4 is 15.8 Å². The van der Waals surface area contributed by atoms with Crippen LogP contribution in [0.25, 0.3) is 0 Å². The van der Waals surface area contributed by atoms with Crippen LogP contribution in [0, 0.1) is 12.7 Å². The van der Waals surface area contributed by atoms with Gasteiger partial charge in [-0.05, 0) is 52.3 Å². The average molecular weight is 447 g/mol. The second kappa shape index (κ2) is 7.25. The van der Waals surface area contributed by atoms with E-state index < -0.39 is 32.5 Å².